The highest BCUT2D eigenvalue weighted by Gasteiger charge is 2.61. The van der Waals surface area contributed by atoms with Gasteiger partial charge in [-0.05, 0) is 66.3 Å². The first-order valence-corrected chi connectivity index (χ1v) is 10.3. The first-order chi connectivity index (χ1) is 13.3. The first-order valence-electron chi connectivity index (χ1n) is 9.51. The van der Waals surface area contributed by atoms with Crippen molar-refractivity contribution in [1.29, 1.82) is 0 Å². The number of halogens is 1. The molecule has 2 atom stereocenters. The fraction of sp³-hybridized carbons (Fsp3) is 0.611. The number of nitrogens with one attached hydrogen (secondary N) is 1. The predicted molar refractivity (Wildman–Crippen MR) is 103 cm³/mol. The van der Waals surface area contributed by atoms with Crippen LogP contribution in [0.3, 0.4) is 0 Å². The molecule has 9 nitrogen and oxygen atoms in total. The van der Waals surface area contributed by atoms with Crippen LogP contribution in [0.4, 0.5) is 5.69 Å². The number of nitrogens with zero attached hydrogens (tertiary/aromatic N) is 5. The molecule has 4 aliphatic carbocycles. The summed E-state index contributed by atoms with van der Waals surface area (Å²) in [5, 5.41) is 11.6. The summed E-state index contributed by atoms with van der Waals surface area (Å²) in [6, 6.07) is 0. The van der Waals surface area contributed by atoms with Crippen molar-refractivity contribution in [3.05, 3.63) is 23.0 Å². The lowest BCUT2D eigenvalue weighted by molar-refractivity contribution is -0.150. The Labute approximate surface area is 170 Å². The molecule has 2 aromatic rings. The second-order valence-corrected chi connectivity index (χ2v) is 9.48. The van der Waals surface area contributed by atoms with E-state index in [-0.39, 0.29) is 17.1 Å². The number of nitrogens with two attached hydrogens (primary N) is 1. The van der Waals surface area contributed by atoms with Crippen LogP contribution in [0, 0.1) is 17.3 Å². The topological polar surface area (TPSA) is 121 Å². The van der Waals surface area contributed by atoms with Gasteiger partial charge in [0.1, 0.15) is 12.0 Å². The number of carbonyl (C=O) groups excluding carboxylic acids is 2. The minimum Gasteiger partial charge on any atom is -0.364 e. The Morgan fingerprint density at radius 3 is 2.61 bits per heavy atom. The van der Waals surface area contributed by atoms with Crippen molar-refractivity contribution in [2.75, 3.05) is 5.32 Å². The van der Waals surface area contributed by atoms with Crippen molar-refractivity contribution in [1.82, 2.24) is 24.5 Å². The molecule has 0 unspecified atom stereocenters. The Morgan fingerprint density at radius 1 is 1.29 bits per heavy atom. The number of hydrogen-bond acceptors (Lipinski definition) is 5. The molecule has 28 heavy (non-hydrogen) atoms. The number of rotatable bonds is 4. The van der Waals surface area contributed by atoms with Crippen LogP contribution in [0.5, 0.6) is 0 Å². The third-order valence-electron chi connectivity index (χ3n) is 6.88. The molecule has 0 radical (unpaired) electrons. The molecule has 4 aliphatic rings. The molecule has 2 aromatic heterocycles. The molecular formula is C18H22BrN7O2. The Balaban J connectivity index is 1.48. The van der Waals surface area contributed by atoms with Crippen molar-refractivity contribution < 1.29 is 9.59 Å². The van der Waals surface area contributed by atoms with Gasteiger partial charge in [0.2, 0.25) is 10.6 Å². The molecule has 148 valence electrons. The van der Waals surface area contributed by atoms with Gasteiger partial charge in [0.15, 0.2) is 0 Å². The number of aromatic nitrogens is 5. The second-order valence-electron chi connectivity index (χ2n) is 8.77. The van der Waals surface area contributed by atoms with Gasteiger partial charge >= 0.3 is 0 Å². The summed E-state index contributed by atoms with van der Waals surface area (Å²) in [7, 11) is 1.64. The molecule has 4 bridgehead atoms. The van der Waals surface area contributed by atoms with Crippen molar-refractivity contribution in [2.45, 2.75) is 44.1 Å². The normalized spacial score (nSPS) is 33.2. The number of aryl methyl sites for hydroxylation is 1. The highest BCUT2D eigenvalue weighted by molar-refractivity contribution is 9.10. The predicted octanol–water partition coefficient (Wildman–Crippen LogP) is 1.81. The van der Waals surface area contributed by atoms with Crippen LogP contribution in [-0.2, 0) is 17.4 Å². The minimum absolute atomic E-state index is 0.0411. The second kappa shape index (κ2) is 5.88. The molecule has 4 fully saturated rings. The summed E-state index contributed by atoms with van der Waals surface area (Å²) >= 11 is 3.35. The molecule has 6 rings (SSSR count). The maximum atomic E-state index is 13.5. The van der Waals surface area contributed by atoms with Crippen LogP contribution in [0.1, 0.15) is 49.0 Å². The van der Waals surface area contributed by atoms with E-state index in [1.807, 2.05) is 4.68 Å². The number of primary amides is 1. The van der Waals surface area contributed by atoms with Crippen LogP contribution < -0.4 is 11.1 Å². The highest BCUT2D eigenvalue weighted by Crippen LogP contribution is 2.64. The van der Waals surface area contributed by atoms with Gasteiger partial charge in [-0.2, -0.15) is 5.10 Å². The Bertz CT molecular complexity index is 966. The monoisotopic (exact) mass is 447 g/mol. The van der Waals surface area contributed by atoms with Gasteiger partial charge in [-0.3, -0.25) is 14.3 Å². The standard InChI is InChI=1S/C18H22BrN7O2/c1-25-13(14(20)27)12(7-22-25)23-15(28)17-3-10-2-11(4-17)6-18(5-10,8-17)26-9-21-16(19)24-26/h7,9-11H,2-6,8H2,1H3,(H2,20,27)(H,23,28)/t10-,11-,17?,18?/m1/s1. The van der Waals surface area contributed by atoms with Gasteiger partial charge in [-0.15, -0.1) is 5.10 Å². The lowest BCUT2D eigenvalue weighted by Crippen LogP contribution is -2.60. The van der Waals surface area contributed by atoms with Crippen molar-refractivity contribution >= 4 is 33.4 Å². The summed E-state index contributed by atoms with van der Waals surface area (Å²) in [5.41, 5.74) is 5.44. The fourth-order valence-corrected chi connectivity index (χ4v) is 6.56. The molecule has 10 heteroatoms. The molecule has 2 amide bonds. The van der Waals surface area contributed by atoms with Gasteiger partial charge in [0.05, 0.1) is 22.8 Å². The fourth-order valence-electron chi connectivity index (χ4n) is 6.30. The van der Waals surface area contributed by atoms with Gasteiger partial charge in [-0.25, -0.2) is 9.67 Å². The van der Waals surface area contributed by atoms with E-state index >= 15 is 0 Å². The SMILES string of the molecule is Cn1ncc(NC(=O)C23C[C@H]4C[C@H](C2)CC(n2cnc(Br)n2)(C4)C3)c1C(N)=O. The van der Waals surface area contributed by atoms with Crippen molar-refractivity contribution in [3.8, 4) is 0 Å². The zero-order valence-electron chi connectivity index (χ0n) is 15.6. The Morgan fingerprint density at radius 2 is 2.00 bits per heavy atom. The third kappa shape index (κ3) is 2.53. The van der Waals surface area contributed by atoms with Crippen LogP contribution >= 0.6 is 15.9 Å². The first kappa shape index (κ1) is 17.8. The summed E-state index contributed by atoms with van der Waals surface area (Å²) in [6.07, 6.45) is 8.99. The summed E-state index contributed by atoms with van der Waals surface area (Å²) in [4.78, 5) is 29.5. The van der Waals surface area contributed by atoms with Crippen LogP contribution in [-0.4, -0.2) is 36.4 Å². The molecule has 0 aromatic carbocycles. The quantitative estimate of drug-likeness (QED) is 0.739. The number of amides is 2. The molecular weight excluding hydrogens is 426 g/mol. The molecule has 4 saturated carbocycles. The lowest BCUT2D eigenvalue weighted by atomic mass is 9.46. The van der Waals surface area contributed by atoms with E-state index in [0.29, 0.717) is 22.3 Å². The van der Waals surface area contributed by atoms with Crippen molar-refractivity contribution in [2.24, 2.45) is 30.0 Å². The van der Waals surface area contributed by atoms with Gasteiger partial charge in [0.25, 0.3) is 5.91 Å². The zero-order chi connectivity index (χ0) is 19.7. The van der Waals surface area contributed by atoms with Crippen LogP contribution in [0.15, 0.2) is 17.3 Å². The van der Waals surface area contributed by atoms with E-state index in [2.05, 4.69) is 36.4 Å². The maximum absolute atomic E-state index is 13.5. The lowest BCUT2D eigenvalue weighted by Gasteiger charge is -2.60. The van der Waals surface area contributed by atoms with Crippen LogP contribution in [0.2, 0.25) is 0 Å². The van der Waals surface area contributed by atoms with Crippen LogP contribution in [0.25, 0.3) is 0 Å². The zero-order valence-corrected chi connectivity index (χ0v) is 17.1. The molecule has 0 spiro atoms. The summed E-state index contributed by atoms with van der Waals surface area (Å²) in [6.45, 7) is 0. The van der Waals surface area contributed by atoms with Gasteiger partial charge < -0.3 is 11.1 Å². The number of anilines is 1. The summed E-state index contributed by atoms with van der Waals surface area (Å²) in [5.74, 6) is 0.351. The maximum Gasteiger partial charge on any atom is 0.269 e. The average molecular weight is 448 g/mol. The Hall–Kier alpha value is -2.23. The average Bonchev–Trinajstić information content (AvgIpc) is 3.20. The molecule has 3 N–H and O–H groups in total. The van der Waals surface area contributed by atoms with Gasteiger partial charge in [-0.1, -0.05) is 0 Å². The molecule has 2 heterocycles. The smallest absolute Gasteiger partial charge is 0.269 e. The minimum atomic E-state index is -0.607. The van der Waals surface area contributed by atoms with E-state index in [0.717, 1.165) is 32.1 Å². The van der Waals surface area contributed by atoms with Crippen molar-refractivity contribution in [3.63, 3.8) is 0 Å². The largest absolute Gasteiger partial charge is 0.364 e. The highest BCUT2D eigenvalue weighted by atomic mass is 79.9. The third-order valence-corrected chi connectivity index (χ3v) is 7.25. The number of carbonyl (C=O) groups is 2. The number of hydrogen-bond donors (Lipinski definition) is 2. The molecule has 0 saturated heterocycles. The Kier molecular flexibility index (Phi) is 3.75. The molecule has 0 aliphatic heterocycles. The van der Waals surface area contributed by atoms with E-state index in [1.54, 1.807) is 13.4 Å². The summed E-state index contributed by atoms with van der Waals surface area (Å²) < 4.78 is 3.94. The van der Waals surface area contributed by atoms with E-state index in [1.165, 1.54) is 17.3 Å². The van der Waals surface area contributed by atoms with E-state index in [4.69, 9.17) is 5.73 Å². The van der Waals surface area contributed by atoms with E-state index in [9.17, 15) is 9.59 Å². The van der Waals surface area contributed by atoms with E-state index < -0.39 is 11.3 Å². The van der Waals surface area contributed by atoms with Gasteiger partial charge in [0, 0.05) is 7.05 Å².